The summed E-state index contributed by atoms with van der Waals surface area (Å²) in [6.45, 7) is 3.15. The van der Waals surface area contributed by atoms with Gasteiger partial charge in [-0.25, -0.2) is 9.78 Å². The van der Waals surface area contributed by atoms with Gasteiger partial charge in [0.05, 0.1) is 18.4 Å². The second-order valence-electron chi connectivity index (χ2n) is 6.38. The van der Waals surface area contributed by atoms with Crippen molar-refractivity contribution >= 4 is 17.5 Å². The van der Waals surface area contributed by atoms with E-state index in [0.717, 1.165) is 23.6 Å². The molecule has 2 amide bonds. The summed E-state index contributed by atoms with van der Waals surface area (Å²) in [7, 11) is 3.86. The molecule has 1 fully saturated rings. The molecule has 3 heterocycles. The van der Waals surface area contributed by atoms with Crippen LogP contribution in [0.15, 0.2) is 36.8 Å². The molecule has 0 spiro atoms. The first-order chi connectivity index (χ1) is 12.0. The zero-order chi connectivity index (χ0) is 17.8. The number of amides is 2. The van der Waals surface area contributed by atoms with Crippen molar-refractivity contribution in [2.45, 2.75) is 19.4 Å². The third-order valence-electron chi connectivity index (χ3n) is 4.03. The summed E-state index contributed by atoms with van der Waals surface area (Å²) in [5.41, 5.74) is 1.71. The van der Waals surface area contributed by atoms with Gasteiger partial charge in [0.15, 0.2) is 11.6 Å². The Morgan fingerprint density at radius 3 is 3.00 bits per heavy atom. The number of nitrogens with zero attached hydrogens (tertiary/aromatic N) is 4. The normalized spacial score (nSPS) is 16.6. The summed E-state index contributed by atoms with van der Waals surface area (Å²) in [5, 5.41) is 2.89. The summed E-state index contributed by atoms with van der Waals surface area (Å²) >= 11 is 0. The number of hydrogen-bond donors (Lipinski definition) is 1. The lowest BCUT2D eigenvalue weighted by Gasteiger charge is -2.20. The average Bonchev–Trinajstić information content (AvgIpc) is 3.04. The Balaban J connectivity index is 1.59. The van der Waals surface area contributed by atoms with Crippen molar-refractivity contribution < 1.29 is 9.53 Å². The first-order valence-electron chi connectivity index (χ1n) is 8.29. The number of aromatic nitrogens is 2. The van der Waals surface area contributed by atoms with Crippen LogP contribution in [0, 0.1) is 6.92 Å². The number of nitrogens with one attached hydrogen (secondary N) is 1. The van der Waals surface area contributed by atoms with Crippen LogP contribution < -0.4 is 15.0 Å². The highest BCUT2D eigenvalue weighted by Crippen LogP contribution is 2.26. The highest BCUT2D eigenvalue weighted by atomic mass is 16.5. The number of carbonyl (C=O) groups excluding carboxylic acids is 1. The molecule has 1 aliphatic heterocycles. The van der Waals surface area contributed by atoms with Crippen LogP contribution in [0.1, 0.15) is 12.0 Å². The molecule has 1 atom stereocenters. The summed E-state index contributed by atoms with van der Waals surface area (Å²) in [5.74, 6) is 1.53. The standard InChI is InChI=1S/C18H23N5O2/c1-13-9-14(11-19-10-13)21-18(24)23-8-6-15(12-23)25-16-5-4-7-20-17(16)22(2)3/h4-5,7,9-11,15H,6,8,12H2,1-3H3,(H,21,24)/t15-/m0/s1. The first kappa shape index (κ1) is 17.0. The number of rotatable bonds is 4. The molecule has 7 heteroatoms. The molecule has 7 nitrogen and oxygen atoms in total. The van der Waals surface area contributed by atoms with Crippen molar-refractivity contribution in [2.75, 3.05) is 37.4 Å². The van der Waals surface area contributed by atoms with Crippen LogP contribution in [0.4, 0.5) is 16.3 Å². The smallest absolute Gasteiger partial charge is 0.322 e. The fourth-order valence-corrected chi connectivity index (χ4v) is 2.82. The van der Waals surface area contributed by atoms with Gasteiger partial charge in [-0.3, -0.25) is 4.98 Å². The van der Waals surface area contributed by atoms with Gasteiger partial charge in [-0.1, -0.05) is 0 Å². The van der Waals surface area contributed by atoms with Crippen LogP contribution in [0.3, 0.4) is 0 Å². The summed E-state index contributed by atoms with van der Waals surface area (Å²) in [6, 6.07) is 5.53. The minimum atomic E-state index is -0.127. The maximum atomic E-state index is 12.4. The van der Waals surface area contributed by atoms with E-state index in [2.05, 4.69) is 15.3 Å². The van der Waals surface area contributed by atoms with E-state index in [1.54, 1.807) is 23.5 Å². The Labute approximate surface area is 147 Å². The topological polar surface area (TPSA) is 70.6 Å². The molecule has 0 bridgehead atoms. The van der Waals surface area contributed by atoms with Gasteiger partial charge < -0.3 is 19.9 Å². The van der Waals surface area contributed by atoms with Crippen molar-refractivity contribution in [3.63, 3.8) is 0 Å². The van der Waals surface area contributed by atoms with E-state index in [0.29, 0.717) is 18.8 Å². The third-order valence-corrected chi connectivity index (χ3v) is 4.03. The molecule has 3 rings (SSSR count). The highest BCUT2D eigenvalue weighted by Gasteiger charge is 2.28. The number of anilines is 2. The number of ether oxygens (including phenoxy) is 1. The van der Waals surface area contributed by atoms with Crippen molar-refractivity contribution in [3.8, 4) is 5.75 Å². The number of pyridine rings is 2. The Bertz CT molecular complexity index is 750. The van der Waals surface area contributed by atoms with E-state index in [4.69, 9.17) is 4.74 Å². The molecule has 0 aromatic carbocycles. The SMILES string of the molecule is Cc1cncc(NC(=O)N2CC[C@H](Oc3cccnc3N(C)C)C2)c1. The Kier molecular flexibility index (Phi) is 5.02. The molecule has 0 saturated carbocycles. The van der Waals surface area contributed by atoms with Crippen molar-refractivity contribution in [1.29, 1.82) is 0 Å². The van der Waals surface area contributed by atoms with E-state index < -0.39 is 0 Å². The minimum absolute atomic E-state index is 0.0377. The van der Waals surface area contributed by atoms with E-state index in [-0.39, 0.29) is 12.1 Å². The van der Waals surface area contributed by atoms with Gasteiger partial charge in [-0.05, 0) is 30.7 Å². The molecule has 0 radical (unpaired) electrons. The third kappa shape index (κ3) is 4.17. The molecule has 1 N–H and O–H groups in total. The van der Waals surface area contributed by atoms with Crippen molar-refractivity contribution in [2.24, 2.45) is 0 Å². The fourth-order valence-electron chi connectivity index (χ4n) is 2.82. The molecule has 2 aromatic heterocycles. The van der Waals surface area contributed by atoms with Gasteiger partial charge in [0.25, 0.3) is 0 Å². The second kappa shape index (κ2) is 7.38. The highest BCUT2D eigenvalue weighted by molar-refractivity contribution is 5.89. The van der Waals surface area contributed by atoms with E-state index in [1.165, 1.54) is 0 Å². The lowest BCUT2D eigenvalue weighted by Crippen LogP contribution is -2.34. The largest absolute Gasteiger partial charge is 0.485 e. The maximum absolute atomic E-state index is 12.4. The number of carbonyl (C=O) groups is 1. The zero-order valence-corrected chi connectivity index (χ0v) is 14.8. The van der Waals surface area contributed by atoms with Crippen LogP contribution in [0.2, 0.25) is 0 Å². The molecule has 0 unspecified atom stereocenters. The van der Waals surface area contributed by atoms with Crippen LogP contribution in [-0.2, 0) is 0 Å². The Morgan fingerprint density at radius 2 is 2.24 bits per heavy atom. The number of hydrogen-bond acceptors (Lipinski definition) is 5. The number of urea groups is 1. The molecular weight excluding hydrogens is 318 g/mol. The minimum Gasteiger partial charge on any atom is -0.485 e. The number of likely N-dealkylation sites (tertiary alicyclic amines) is 1. The van der Waals surface area contributed by atoms with Gasteiger partial charge in [0.1, 0.15) is 6.10 Å². The zero-order valence-electron chi connectivity index (χ0n) is 14.8. The van der Waals surface area contributed by atoms with E-state index in [9.17, 15) is 4.79 Å². The van der Waals surface area contributed by atoms with E-state index in [1.807, 2.05) is 44.1 Å². The molecule has 1 aliphatic rings. The Hall–Kier alpha value is -2.83. The van der Waals surface area contributed by atoms with Gasteiger partial charge in [-0.2, -0.15) is 0 Å². The van der Waals surface area contributed by atoms with Gasteiger partial charge >= 0.3 is 6.03 Å². The van der Waals surface area contributed by atoms with Gasteiger partial charge in [-0.15, -0.1) is 0 Å². The summed E-state index contributed by atoms with van der Waals surface area (Å²) in [6.07, 6.45) is 5.90. The van der Waals surface area contributed by atoms with Crippen molar-refractivity contribution in [3.05, 3.63) is 42.4 Å². The Morgan fingerprint density at radius 1 is 1.40 bits per heavy atom. The predicted octanol–water partition coefficient (Wildman–Crippen LogP) is 2.54. The number of aryl methyl sites for hydroxylation is 1. The van der Waals surface area contributed by atoms with Crippen LogP contribution in [0.5, 0.6) is 5.75 Å². The monoisotopic (exact) mass is 341 g/mol. The quantitative estimate of drug-likeness (QED) is 0.925. The average molecular weight is 341 g/mol. The second-order valence-corrected chi connectivity index (χ2v) is 6.38. The van der Waals surface area contributed by atoms with Crippen molar-refractivity contribution in [1.82, 2.24) is 14.9 Å². The maximum Gasteiger partial charge on any atom is 0.322 e. The summed E-state index contributed by atoms with van der Waals surface area (Å²) in [4.78, 5) is 24.5. The fraction of sp³-hybridized carbons (Fsp3) is 0.389. The molecule has 1 saturated heterocycles. The molecule has 132 valence electrons. The molecule has 2 aromatic rings. The van der Waals surface area contributed by atoms with E-state index >= 15 is 0 Å². The van der Waals surface area contributed by atoms with Gasteiger partial charge in [0.2, 0.25) is 0 Å². The molecule has 0 aliphatic carbocycles. The molecular formula is C18H23N5O2. The van der Waals surface area contributed by atoms with Gasteiger partial charge in [0, 0.05) is 39.5 Å². The molecule has 25 heavy (non-hydrogen) atoms. The predicted molar refractivity (Wildman–Crippen MR) is 97.2 cm³/mol. The first-order valence-corrected chi connectivity index (χ1v) is 8.29. The van der Waals surface area contributed by atoms with Crippen LogP contribution >= 0.6 is 0 Å². The van der Waals surface area contributed by atoms with Crippen LogP contribution in [-0.4, -0.2) is 54.2 Å². The lowest BCUT2D eigenvalue weighted by molar-refractivity contribution is 0.195. The lowest BCUT2D eigenvalue weighted by atomic mass is 10.3. The van der Waals surface area contributed by atoms with Crippen LogP contribution in [0.25, 0.3) is 0 Å². The summed E-state index contributed by atoms with van der Waals surface area (Å²) < 4.78 is 6.08.